The molecule has 0 fully saturated rings. The van der Waals surface area contributed by atoms with Crippen LogP contribution >= 0.6 is 27.5 Å². The molecule has 2 aromatic carbocycles. The number of benzene rings is 2. The third-order valence-corrected chi connectivity index (χ3v) is 4.59. The molecule has 5 nitrogen and oxygen atoms in total. The molecule has 2 aromatic rings. The number of hydrogen-bond acceptors (Lipinski definition) is 4. The van der Waals surface area contributed by atoms with Crippen molar-refractivity contribution < 1.29 is 14.3 Å². The van der Waals surface area contributed by atoms with Crippen LogP contribution in [0.15, 0.2) is 51.9 Å². The number of likely N-dealkylation sites (N-methyl/N-ethyl adjacent to an activating group) is 1. The van der Waals surface area contributed by atoms with E-state index in [9.17, 15) is 9.59 Å². The normalized spacial score (nSPS) is 16.8. The summed E-state index contributed by atoms with van der Waals surface area (Å²) in [7, 11) is 1.62. The van der Waals surface area contributed by atoms with Crippen molar-refractivity contribution in [3.63, 3.8) is 0 Å². The van der Waals surface area contributed by atoms with Gasteiger partial charge in [-0.05, 0) is 24.3 Å². The summed E-state index contributed by atoms with van der Waals surface area (Å²) in [6.45, 7) is 1.24. The van der Waals surface area contributed by atoms with Gasteiger partial charge in [0.15, 0.2) is 0 Å². The monoisotopic (exact) mass is 420 g/mol. The Bertz CT molecular complexity index is 898. The fourth-order valence-corrected chi connectivity index (χ4v) is 3.20. The van der Waals surface area contributed by atoms with Gasteiger partial charge in [0.25, 0.3) is 12.1 Å². The van der Waals surface area contributed by atoms with Gasteiger partial charge in [0, 0.05) is 34.6 Å². The van der Waals surface area contributed by atoms with E-state index < -0.39 is 18.1 Å². The quantitative estimate of drug-likeness (QED) is 0.693. The average Bonchev–Trinajstić information content (AvgIpc) is 2.66. The Labute approximate surface area is 158 Å². The van der Waals surface area contributed by atoms with Crippen molar-refractivity contribution in [3.8, 4) is 0 Å². The molecule has 0 unspecified atom stereocenters. The Balaban J connectivity index is 2.28. The summed E-state index contributed by atoms with van der Waals surface area (Å²) in [6, 6.07) is 12.7. The molecule has 0 saturated heterocycles. The summed E-state index contributed by atoms with van der Waals surface area (Å²) < 4.78 is 5.97. The van der Waals surface area contributed by atoms with Crippen molar-refractivity contribution in [1.29, 1.82) is 0 Å². The van der Waals surface area contributed by atoms with Gasteiger partial charge in [-0.25, -0.2) is 4.99 Å². The smallest absolute Gasteiger partial charge is 0.305 e. The van der Waals surface area contributed by atoms with Gasteiger partial charge < -0.3 is 9.64 Å². The van der Waals surface area contributed by atoms with Crippen molar-refractivity contribution in [2.24, 2.45) is 4.99 Å². The lowest BCUT2D eigenvalue weighted by molar-refractivity contribution is -0.152. The molecule has 0 N–H and O–H groups in total. The number of nitrogens with zero attached hydrogens (tertiary/aromatic N) is 2. The maximum absolute atomic E-state index is 12.7. The lowest BCUT2D eigenvalue weighted by atomic mass is 10.0. The highest BCUT2D eigenvalue weighted by Gasteiger charge is 2.32. The zero-order chi connectivity index (χ0) is 18.1. The number of benzodiazepines with no additional fused rings is 1. The molecule has 7 heteroatoms. The number of carbonyl (C=O) groups is 2. The predicted molar refractivity (Wildman–Crippen MR) is 100 cm³/mol. The first-order valence-corrected chi connectivity index (χ1v) is 8.63. The molecular weight excluding hydrogens is 408 g/mol. The summed E-state index contributed by atoms with van der Waals surface area (Å²) in [6.07, 6.45) is -1.26. The van der Waals surface area contributed by atoms with Gasteiger partial charge in [-0.1, -0.05) is 45.7 Å². The van der Waals surface area contributed by atoms with Crippen LogP contribution in [0.25, 0.3) is 0 Å². The molecule has 3 rings (SSSR count). The first-order valence-electron chi connectivity index (χ1n) is 7.46. The van der Waals surface area contributed by atoms with E-state index in [4.69, 9.17) is 16.3 Å². The second kappa shape index (κ2) is 6.98. The maximum atomic E-state index is 12.7. The van der Waals surface area contributed by atoms with E-state index in [0.29, 0.717) is 27.5 Å². The second-order valence-electron chi connectivity index (χ2n) is 5.48. The maximum Gasteiger partial charge on any atom is 0.305 e. The molecule has 1 amide bonds. The highest BCUT2D eigenvalue weighted by atomic mass is 79.9. The number of hydrogen-bond donors (Lipinski definition) is 0. The Hall–Kier alpha value is -2.18. The van der Waals surface area contributed by atoms with Crippen LogP contribution in [0.2, 0.25) is 5.02 Å². The number of ether oxygens (including phenoxy) is 1. The minimum Gasteiger partial charge on any atom is -0.430 e. The van der Waals surface area contributed by atoms with E-state index in [1.54, 1.807) is 19.2 Å². The zero-order valence-corrected chi connectivity index (χ0v) is 15.8. The highest BCUT2D eigenvalue weighted by Crippen LogP contribution is 2.32. The van der Waals surface area contributed by atoms with Crippen LogP contribution in [0.1, 0.15) is 18.1 Å². The molecule has 128 valence electrons. The van der Waals surface area contributed by atoms with Gasteiger partial charge in [-0.2, -0.15) is 0 Å². The van der Waals surface area contributed by atoms with E-state index in [2.05, 4.69) is 20.9 Å². The van der Waals surface area contributed by atoms with Gasteiger partial charge in [-0.3, -0.25) is 9.59 Å². The topological polar surface area (TPSA) is 59.0 Å². The number of amides is 1. The molecule has 1 aliphatic rings. The number of aliphatic imine (C=N–C) groups is 1. The number of anilines is 1. The molecule has 0 saturated carbocycles. The Morgan fingerprint density at radius 2 is 1.96 bits per heavy atom. The summed E-state index contributed by atoms with van der Waals surface area (Å²) in [5.41, 5.74) is 2.52. The van der Waals surface area contributed by atoms with Crippen molar-refractivity contribution in [3.05, 3.63) is 63.1 Å². The van der Waals surface area contributed by atoms with Gasteiger partial charge in [0.05, 0.1) is 11.4 Å². The summed E-state index contributed by atoms with van der Waals surface area (Å²) in [5, 5.41) is 0.491. The molecule has 1 aliphatic heterocycles. The Morgan fingerprint density at radius 3 is 2.64 bits per heavy atom. The fourth-order valence-electron chi connectivity index (χ4n) is 2.62. The number of carbonyl (C=O) groups excluding carboxylic acids is 2. The highest BCUT2D eigenvalue weighted by molar-refractivity contribution is 9.10. The molecule has 1 atom stereocenters. The Morgan fingerprint density at radius 1 is 1.24 bits per heavy atom. The van der Waals surface area contributed by atoms with Crippen molar-refractivity contribution in [2.75, 3.05) is 11.9 Å². The van der Waals surface area contributed by atoms with E-state index >= 15 is 0 Å². The van der Waals surface area contributed by atoms with Gasteiger partial charge in [-0.15, -0.1) is 0 Å². The van der Waals surface area contributed by atoms with Crippen LogP contribution in [0.5, 0.6) is 0 Å². The van der Waals surface area contributed by atoms with Crippen molar-refractivity contribution >= 4 is 50.8 Å². The number of esters is 1. The molecule has 0 spiro atoms. The van der Waals surface area contributed by atoms with Crippen LogP contribution in [-0.2, 0) is 14.3 Å². The van der Waals surface area contributed by atoms with Crippen LogP contribution < -0.4 is 4.90 Å². The van der Waals surface area contributed by atoms with Gasteiger partial charge in [0.1, 0.15) is 0 Å². The number of rotatable bonds is 2. The fraction of sp³-hybridized carbons (Fsp3) is 0.167. The molecular formula is C18H14BrClN2O3. The Kier molecular flexibility index (Phi) is 4.92. The molecule has 0 radical (unpaired) electrons. The van der Waals surface area contributed by atoms with Crippen LogP contribution in [-0.4, -0.2) is 30.9 Å². The van der Waals surface area contributed by atoms with Crippen molar-refractivity contribution in [2.45, 2.75) is 13.2 Å². The van der Waals surface area contributed by atoms with Gasteiger partial charge in [0.2, 0.25) is 0 Å². The van der Waals surface area contributed by atoms with E-state index in [0.717, 1.165) is 4.47 Å². The first-order chi connectivity index (χ1) is 11.9. The molecule has 0 aliphatic carbocycles. The molecule has 0 bridgehead atoms. The van der Waals surface area contributed by atoms with Crippen LogP contribution in [0.4, 0.5) is 5.69 Å². The van der Waals surface area contributed by atoms with E-state index in [1.165, 1.54) is 11.8 Å². The molecule has 25 heavy (non-hydrogen) atoms. The van der Waals surface area contributed by atoms with E-state index in [-0.39, 0.29) is 0 Å². The third kappa shape index (κ3) is 3.45. The molecule has 0 aromatic heterocycles. The summed E-state index contributed by atoms with van der Waals surface area (Å²) in [4.78, 5) is 30.0. The summed E-state index contributed by atoms with van der Waals surface area (Å²) in [5.74, 6) is -1.01. The van der Waals surface area contributed by atoms with E-state index in [1.807, 2.05) is 30.3 Å². The average molecular weight is 422 g/mol. The number of halogens is 2. The number of fused-ring (bicyclic) bond motifs is 1. The molecule has 1 heterocycles. The van der Waals surface area contributed by atoms with Crippen LogP contribution in [0, 0.1) is 0 Å². The van der Waals surface area contributed by atoms with Crippen LogP contribution in [0.3, 0.4) is 0 Å². The predicted octanol–water partition coefficient (Wildman–Crippen LogP) is 3.81. The lowest BCUT2D eigenvalue weighted by Gasteiger charge is -2.20. The second-order valence-corrected chi connectivity index (χ2v) is 6.80. The zero-order valence-electron chi connectivity index (χ0n) is 13.5. The van der Waals surface area contributed by atoms with Crippen molar-refractivity contribution in [1.82, 2.24) is 0 Å². The lowest BCUT2D eigenvalue weighted by Crippen LogP contribution is -2.37. The standard InChI is InChI=1S/C18H14BrClN2O3/c1-10(23)25-17-18(24)22(2)15-8-7-11(19)9-13(15)16(21-17)12-5-3-4-6-14(12)20/h3-9,17H,1-2H3/t17-/m1/s1. The largest absolute Gasteiger partial charge is 0.430 e. The first kappa shape index (κ1) is 17.6. The third-order valence-electron chi connectivity index (χ3n) is 3.77. The minimum atomic E-state index is -1.26. The minimum absolute atomic E-state index is 0.430. The SMILES string of the molecule is CC(=O)O[C@H]1N=C(c2ccccc2Cl)c2cc(Br)ccc2N(C)C1=O. The van der Waals surface area contributed by atoms with Gasteiger partial charge >= 0.3 is 5.97 Å². The summed E-state index contributed by atoms with van der Waals surface area (Å²) >= 11 is 9.79.